The minimum atomic E-state index is 0.241. The molecule has 2 aromatic carbocycles. The molecule has 0 amide bonds. The van der Waals surface area contributed by atoms with Crippen LogP contribution in [0.15, 0.2) is 48.5 Å². The fourth-order valence-electron chi connectivity index (χ4n) is 4.68. The zero-order valence-corrected chi connectivity index (χ0v) is 21.3. The third-order valence-electron chi connectivity index (χ3n) is 6.62. The number of hydrogen-bond acceptors (Lipinski definition) is 8. The van der Waals surface area contributed by atoms with Crippen molar-refractivity contribution in [3.63, 3.8) is 0 Å². The van der Waals surface area contributed by atoms with Crippen LogP contribution in [0.4, 0.5) is 17.5 Å². The molecule has 1 fully saturated rings. The topological polar surface area (TPSA) is 86.2 Å². The van der Waals surface area contributed by atoms with Crippen molar-refractivity contribution in [3.05, 3.63) is 59.8 Å². The van der Waals surface area contributed by atoms with Crippen LogP contribution in [0, 0.1) is 12.8 Å². The zero-order chi connectivity index (χ0) is 24.4. The molecule has 1 aliphatic carbocycles. The van der Waals surface area contributed by atoms with Crippen LogP contribution in [-0.2, 0) is 6.54 Å². The second-order valence-corrected chi connectivity index (χ2v) is 10.5. The minimum Gasteiger partial charge on any atom is -0.396 e. The Kier molecular flexibility index (Phi) is 6.83. The van der Waals surface area contributed by atoms with Crippen molar-refractivity contribution >= 4 is 39.0 Å². The van der Waals surface area contributed by atoms with Gasteiger partial charge in [-0.1, -0.05) is 24.3 Å². The predicted molar refractivity (Wildman–Crippen MR) is 145 cm³/mol. The smallest absolute Gasteiger partial charge is 0.225 e. The third kappa shape index (κ3) is 5.23. The van der Waals surface area contributed by atoms with Crippen molar-refractivity contribution in [2.24, 2.45) is 5.92 Å². The third-order valence-corrected chi connectivity index (χ3v) is 7.67. The Morgan fingerprint density at radius 3 is 2.69 bits per heavy atom. The lowest BCUT2D eigenvalue weighted by atomic mass is 10.1. The van der Waals surface area contributed by atoms with Gasteiger partial charge in [0.1, 0.15) is 10.8 Å². The number of nitrogens with zero attached hydrogens (tertiary/aromatic N) is 4. The monoisotopic (exact) mass is 488 g/mol. The highest BCUT2D eigenvalue weighted by atomic mass is 32.1. The van der Waals surface area contributed by atoms with Gasteiger partial charge in [0.25, 0.3) is 0 Å². The van der Waals surface area contributed by atoms with Crippen LogP contribution >= 0.6 is 11.3 Å². The quantitative estimate of drug-likeness (QED) is 0.310. The number of aliphatic hydroxyl groups excluding tert-OH is 1. The number of aliphatic hydroxyl groups is 1. The summed E-state index contributed by atoms with van der Waals surface area (Å²) in [5.41, 5.74) is 5.17. The van der Waals surface area contributed by atoms with Crippen LogP contribution in [0.3, 0.4) is 0 Å². The maximum atomic E-state index is 9.61. The van der Waals surface area contributed by atoms with E-state index in [1.807, 2.05) is 39.2 Å². The molecule has 2 heterocycles. The minimum absolute atomic E-state index is 0.241. The maximum absolute atomic E-state index is 9.61. The highest BCUT2D eigenvalue weighted by molar-refractivity contribution is 7.21. The van der Waals surface area contributed by atoms with E-state index in [2.05, 4.69) is 45.9 Å². The fraction of sp³-hybridized carbons (Fsp3) is 0.370. The molecule has 0 saturated heterocycles. The Hall–Kier alpha value is -3.23. The van der Waals surface area contributed by atoms with Crippen LogP contribution in [0.25, 0.3) is 20.8 Å². The Bertz CT molecular complexity index is 1290. The zero-order valence-electron chi connectivity index (χ0n) is 20.5. The van der Waals surface area contributed by atoms with Crippen molar-refractivity contribution in [1.29, 1.82) is 0 Å². The Labute approximate surface area is 210 Å². The maximum Gasteiger partial charge on any atom is 0.225 e. The second kappa shape index (κ2) is 10.2. The molecular formula is C27H32N6OS. The van der Waals surface area contributed by atoms with E-state index in [4.69, 9.17) is 15.0 Å². The molecule has 4 aromatic rings. The highest BCUT2D eigenvalue weighted by Crippen LogP contribution is 2.37. The van der Waals surface area contributed by atoms with E-state index in [1.165, 1.54) is 5.56 Å². The van der Waals surface area contributed by atoms with Crippen molar-refractivity contribution in [2.75, 3.05) is 36.2 Å². The van der Waals surface area contributed by atoms with E-state index >= 15 is 0 Å². The highest BCUT2D eigenvalue weighted by Gasteiger charge is 2.26. The summed E-state index contributed by atoms with van der Waals surface area (Å²) < 4.78 is 1.15. The number of thiazole rings is 1. The molecule has 8 heteroatoms. The average Bonchev–Trinajstić information content (AvgIpc) is 3.49. The normalized spacial score (nSPS) is 17.6. The Morgan fingerprint density at radius 2 is 1.91 bits per heavy atom. The lowest BCUT2D eigenvalue weighted by Crippen LogP contribution is -2.19. The molecular weight excluding hydrogens is 456 g/mol. The van der Waals surface area contributed by atoms with Crippen molar-refractivity contribution in [1.82, 2.24) is 15.0 Å². The standard InChI is InChI=1S/C27H32N6OS/c1-17-24(26-31-22-9-4-5-10-23(22)35-26)25(30-20-12-11-19(13-20)16-34)32-27(29-17)28-15-18-7-6-8-21(14-18)33(2)3/h4-10,14,19-20,34H,11-13,15-16H2,1-3H3,(H2,28,29,30,32)/t19-,20+/m1/s1. The first kappa shape index (κ1) is 23.5. The van der Waals surface area contributed by atoms with E-state index < -0.39 is 0 Å². The molecule has 0 unspecified atom stereocenters. The first-order chi connectivity index (χ1) is 17.0. The van der Waals surface area contributed by atoms with Gasteiger partial charge in [0.15, 0.2) is 0 Å². The molecule has 1 aliphatic rings. The molecule has 5 rings (SSSR count). The number of para-hydroxylation sites is 1. The summed E-state index contributed by atoms with van der Waals surface area (Å²) in [6.45, 7) is 2.90. The molecule has 182 valence electrons. The predicted octanol–water partition coefficient (Wildman–Crippen LogP) is 5.31. The summed E-state index contributed by atoms with van der Waals surface area (Å²) in [6, 6.07) is 16.9. The van der Waals surface area contributed by atoms with Gasteiger partial charge >= 0.3 is 0 Å². The second-order valence-electron chi connectivity index (χ2n) is 9.46. The summed E-state index contributed by atoms with van der Waals surface area (Å²) in [5.74, 6) is 1.76. The van der Waals surface area contributed by atoms with E-state index in [0.29, 0.717) is 18.4 Å². The van der Waals surface area contributed by atoms with E-state index in [-0.39, 0.29) is 12.6 Å². The van der Waals surface area contributed by atoms with Gasteiger partial charge in [0, 0.05) is 39.0 Å². The summed E-state index contributed by atoms with van der Waals surface area (Å²) in [6.07, 6.45) is 2.99. The van der Waals surface area contributed by atoms with Crippen molar-refractivity contribution in [3.8, 4) is 10.6 Å². The molecule has 0 spiro atoms. The van der Waals surface area contributed by atoms with Gasteiger partial charge in [-0.3, -0.25) is 0 Å². The number of nitrogens with one attached hydrogen (secondary N) is 2. The van der Waals surface area contributed by atoms with Crippen molar-refractivity contribution < 1.29 is 5.11 Å². The average molecular weight is 489 g/mol. The van der Waals surface area contributed by atoms with Crippen LogP contribution < -0.4 is 15.5 Å². The first-order valence-electron chi connectivity index (χ1n) is 12.1. The summed E-state index contributed by atoms with van der Waals surface area (Å²) >= 11 is 1.67. The number of hydrogen-bond donors (Lipinski definition) is 3. The lowest BCUT2D eigenvalue weighted by molar-refractivity contribution is 0.229. The lowest BCUT2D eigenvalue weighted by Gasteiger charge is -2.18. The molecule has 35 heavy (non-hydrogen) atoms. The Morgan fingerprint density at radius 1 is 1.06 bits per heavy atom. The SMILES string of the molecule is Cc1nc(NCc2cccc(N(C)C)c2)nc(N[C@H]2CC[C@@H](CO)C2)c1-c1nc2ccccc2s1. The number of aryl methyl sites for hydroxylation is 1. The number of anilines is 3. The Balaban J connectivity index is 1.46. The van der Waals surface area contributed by atoms with Crippen LogP contribution in [-0.4, -0.2) is 46.8 Å². The molecule has 0 bridgehead atoms. The molecule has 7 nitrogen and oxygen atoms in total. The summed E-state index contributed by atoms with van der Waals surface area (Å²) in [4.78, 5) is 16.7. The van der Waals surface area contributed by atoms with Crippen LogP contribution in [0.5, 0.6) is 0 Å². The summed E-state index contributed by atoms with van der Waals surface area (Å²) in [7, 11) is 4.09. The van der Waals surface area contributed by atoms with Gasteiger partial charge < -0.3 is 20.6 Å². The fourth-order valence-corrected chi connectivity index (χ4v) is 5.75. The first-order valence-corrected chi connectivity index (χ1v) is 12.9. The molecule has 0 radical (unpaired) electrons. The van der Waals surface area contributed by atoms with Gasteiger partial charge in [-0.25, -0.2) is 9.97 Å². The van der Waals surface area contributed by atoms with Gasteiger partial charge in [-0.05, 0) is 61.9 Å². The number of benzene rings is 2. The summed E-state index contributed by atoms with van der Waals surface area (Å²) in [5, 5.41) is 17.6. The van der Waals surface area contributed by atoms with Crippen LogP contribution in [0.1, 0.15) is 30.5 Å². The van der Waals surface area contributed by atoms with Gasteiger partial charge in [0.2, 0.25) is 5.95 Å². The van der Waals surface area contributed by atoms with E-state index in [1.54, 1.807) is 11.3 Å². The number of rotatable bonds is 8. The van der Waals surface area contributed by atoms with E-state index in [0.717, 1.165) is 57.2 Å². The van der Waals surface area contributed by atoms with Gasteiger partial charge in [0.05, 0.1) is 21.5 Å². The molecule has 2 aromatic heterocycles. The number of fused-ring (bicyclic) bond motifs is 1. The van der Waals surface area contributed by atoms with Gasteiger partial charge in [-0.2, -0.15) is 4.98 Å². The molecule has 0 aliphatic heterocycles. The van der Waals surface area contributed by atoms with E-state index in [9.17, 15) is 5.11 Å². The number of aromatic nitrogens is 3. The van der Waals surface area contributed by atoms with Crippen LogP contribution in [0.2, 0.25) is 0 Å². The van der Waals surface area contributed by atoms with Gasteiger partial charge in [-0.15, -0.1) is 11.3 Å². The molecule has 2 atom stereocenters. The van der Waals surface area contributed by atoms with Crippen molar-refractivity contribution in [2.45, 2.75) is 38.8 Å². The molecule has 3 N–H and O–H groups in total. The largest absolute Gasteiger partial charge is 0.396 e. The molecule has 1 saturated carbocycles.